The van der Waals surface area contributed by atoms with Gasteiger partial charge in [-0.25, -0.2) is 4.68 Å². The zero-order chi connectivity index (χ0) is 14.3. The third-order valence-electron chi connectivity index (χ3n) is 2.95. The second kappa shape index (κ2) is 5.10. The molecule has 0 saturated carbocycles. The Hall–Kier alpha value is -1.53. The van der Waals surface area contributed by atoms with E-state index in [-0.39, 0.29) is 0 Å². The zero-order valence-corrected chi connectivity index (χ0v) is 13.8. The molecule has 0 aliphatic heterocycles. The Morgan fingerprint density at radius 2 is 1.95 bits per heavy atom. The summed E-state index contributed by atoms with van der Waals surface area (Å²) < 4.78 is 8.91. The molecular formula is C14H11Br2N3O. The smallest absolute Gasteiger partial charge is 0.169 e. The summed E-state index contributed by atoms with van der Waals surface area (Å²) in [6.45, 7) is 2.02. The van der Waals surface area contributed by atoms with Crippen molar-refractivity contribution in [1.29, 1.82) is 0 Å². The molecule has 0 aliphatic rings. The molecule has 0 fully saturated rings. The SMILES string of the molecule is Cc1cc(Br)ccc1-n1nc(-c2ccc(Br)o2)cc1N. The summed E-state index contributed by atoms with van der Waals surface area (Å²) in [5.74, 6) is 1.25. The van der Waals surface area contributed by atoms with Crippen LogP contribution in [-0.2, 0) is 0 Å². The van der Waals surface area contributed by atoms with Gasteiger partial charge >= 0.3 is 0 Å². The van der Waals surface area contributed by atoms with Crippen molar-refractivity contribution in [3.05, 3.63) is 51.1 Å². The van der Waals surface area contributed by atoms with Gasteiger partial charge in [0.2, 0.25) is 0 Å². The van der Waals surface area contributed by atoms with Crippen molar-refractivity contribution < 1.29 is 4.42 Å². The minimum Gasteiger partial charge on any atom is -0.448 e. The molecule has 2 heterocycles. The fourth-order valence-corrected chi connectivity index (χ4v) is 2.80. The van der Waals surface area contributed by atoms with Crippen LogP contribution in [0.5, 0.6) is 0 Å². The van der Waals surface area contributed by atoms with Crippen LogP contribution in [0, 0.1) is 6.92 Å². The van der Waals surface area contributed by atoms with E-state index in [0.717, 1.165) is 15.7 Å². The van der Waals surface area contributed by atoms with E-state index in [0.29, 0.717) is 21.9 Å². The predicted molar refractivity (Wildman–Crippen MR) is 85.8 cm³/mol. The Kier molecular flexibility index (Phi) is 3.43. The summed E-state index contributed by atoms with van der Waals surface area (Å²) in [7, 11) is 0. The van der Waals surface area contributed by atoms with E-state index >= 15 is 0 Å². The van der Waals surface area contributed by atoms with Gasteiger partial charge in [0.25, 0.3) is 0 Å². The number of anilines is 1. The highest BCUT2D eigenvalue weighted by Crippen LogP contribution is 2.28. The minimum absolute atomic E-state index is 0.568. The van der Waals surface area contributed by atoms with E-state index in [1.54, 1.807) is 10.7 Å². The van der Waals surface area contributed by atoms with Crippen LogP contribution in [0.25, 0.3) is 17.1 Å². The lowest BCUT2D eigenvalue weighted by Gasteiger charge is -2.07. The first-order valence-electron chi connectivity index (χ1n) is 5.92. The maximum absolute atomic E-state index is 6.06. The molecule has 3 rings (SSSR count). The van der Waals surface area contributed by atoms with Gasteiger partial charge in [-0.05, 0) is 58.7 Å². The standard InChI is InChI=1S/C14H11Br2N3O/c1-8-6-9(15)2-3-11(8)19-14(17)7-10(18-19)12-4-5-13(16)20-12/h2-7H,17H2,1H3. The lowest BCUT2D eigenvalue weighted by molar-refractivity contribution is 0.553. The van der Waals surface area contributed by atoms with Gasteiger partial charge in [-0.3, -0.25) is 0 Å². The summed E-state index contributed by atoms with van der Waals surface area (Å²) >= 11 is 6.73. The normalized spacial score (nSPS) is 10.9. The van der Waals surface area contributed by atoms with Crippen LogP contribution >= 0.6 is 31.9 Å². The lowest BCUT2D eigenvalue weighted by atomic mass is 10.2. The Balaban J connectivity index is 2.09. The molecule has 0 saturated heterocycles. The molecule has 0 radical (unpaired) electrons. The summed E-state index contributed by atoms with van der Waals surface area (Å²) in [6, 6.07) is 11.4. The van der Waals surface area contributed by atoms with Crippen LogP contribution in [0.1, 0.15) is 5.56 Å². The highest BCUT2D eigenvalue weighted by atomic mass is 79.9. The van der Waals surface area contributed by atoms with Crippen LogP contribution in [0.4, 0.5) is 5.82 Å². The van der Waals surface area contributed by atoms with Crippen molar-refractivity contribution >= 4 is 37.7 Å². The molecule has 0 bridgehead atoms. The Morgan fingerprint density at radius 3 is 2.60 bits per heavy atom. The Morgan fingerprint density at radius 1 is 1.15 bits per heavy atom. The van der Waals surface area contributed by atoms with E-state index in [2.05, 4.69) is 37.0 Å². The number of rotatable bonds is 2. The van der Waals surface area contributed by atoms with Crippen LogP contribution in [0.2, 0.25) is 0 Å². The van der Waals surface area contributed by atoms with Gasteiger partial charge in [0.15, 0.2) is 10.4 Å². The lowest BCUT2D eigenvalue weighted by Crippen LogP contribution is -2.03. The van der Waals surface area contributed by atoms with E-state index in [1.807, 2.05) is 37.3 Å². The molecule has 0 atom stereocenters. The minimum atomic E-state index is 0.568. The number of furan rings is 1. The number of benzene rings is 1. The molecule has 102 valence electrons. The van der Waals surface area contributed by atoms with Crippen LogP contribution < -0.4 is 5.73 Å². The molecule has 0 unspecified atom stereocenters. The van der Waals surface area contributed by atoms with Gasteiger partial charge < -0.3 is 10.2 Å². The van der Waals surface area contributed by atoms with Crippen molar-refractivity contribution in [2.24, 2.45) is 0 Å². The number of aromatic nitrogens is 2. The van der Waals surface area contributed by atoms with Crippen molar-refractivity contribution in [3.63, 3.8) is 0 Å². The molecule has 2 N–H and O–H groups in total. The van der Waals surface area contributed by atoms with E-state index in [9.17, 15) is 0 Å². The van der Waals surface area contributed by atoms with E-state index < -0.39 is 0 Å². The molecule has 2 aromatic heterocycles. The summed E-state index contributed by atoms with van der Waals surface area (Å²) in [6.07, 6.45) is 0. The average Bonchev–Trinajstić information content (AvgIpc) is 2.96. The van der Waals surface area contributed by atoms with Gasteiger partial charge in [0.05, 0.1) is 5.69 Å². The van der Waals surface area contributed by atoms with Gasteiger partial charge in [-0.2, -0.15) is 5.10 Å². The second-order valence-electron chi connectivity index (χ2n) is 4.40. The molecule has 0 amide bonds. The molecule has 3 aromatic rings. The number of hydrogen-bond acceptors (Lipinski definition) is 3. The van der Waals surface area contributed by atoms with Gasteiger partial charge in [0.1, 0.15) is 11.5 Å². The Bertz CT molecular complexity index is 777. The third kappa shape index (κ3) is 2.41. The number of aryl methyl sites for hydroxylation is 1. The largest absolute Gasteiger partial charge is 0.448 e. The first-order valence-corrected chi connectivity index (χ1v) is 7.51. The topological polar surface area (TPSA) is 57.0 Å². The maximum atomic E-state index is 6.06. The van der Waals surface area contributed by atoms with Crippen LogP contribution in [-0.4, -0.2) is 9.78 Å². The number of nitrogens with zero attached hydrogens (tertiary/aromatic N) is 2. The third-order valence-corrected chi connectivity index (χ3v) is 3.87. The maximum Gasteiger partial charge on any atom is 0.169 e. The first-order chi connectivity index (χ1) is 9.54. The summed E-state index contributed by atoms with van der Waals surface area (Å²) in [4.78, 5) is 0. The van der Waals surface area contributed by atoms with Gasteiger partial charge in [-0.1, -0.05) is 15.9 Å². The van der Waals surface area contributed by atoms with Crippen molar-refractivity contribution in [3.8, 4) is 17.1 Å². The van der Waals surface area contributed by atoms with Gasteiger partial charge in [0, 0.05) is 10.5 Å². The molecule has 0 aliphatic carbocycles. The molecule has 6 heteroatoms. The summed E-state index contributed by atoms with van der Waals surface area (Å²) in [5.41, 5.74) is 8.80. The zero-order valence-electron chi connectivity index (χ0n) is 10.6. The van der Waals surface area contributed by atoms with E-state index in [1.165, 1.54) is 0 Å². The van der Waals surface area contributed by atoms with Gasteiger partial charge in [-0.15, -0.1) is 0 Å². The van der Waals surface area contributed by atoms with Crippen LogP contribution in [0.15, 0.2) is 50.0 Å². The number of halogens is 2. The van der Waals surface area contributed by atoms with Crippen LogP contribution in [0.3, 0.4) is 0 Å². The van der Waals surface area contributed by atoms with E-state index in [4.69, 9.17) is 10.2 Å². The fraction of sp³-hybridized carbons (Fsp3) is 0.0714. The number of nitrogen functional groups attached to an aromatic ring is 1. The highest BCUT2D eigenvalue weighted by molar-refractivity contribution is 9.10. The summed E-state index contributed by atoms with van der Waals surface area (Å²) in [5, 5.41) is 4.52. The molecule has 4 nitrogen and oxygen atoms in total. The van der Waals surface area contributed by atoms with Crippen molar-refractivity contribution in [2.45, 2.75) is 6.92 Å². The second-order valence-corrected chi connectivity index (χ2v) is 6.10. The van der Waals surface area contributed by atoms with Crippen molar-refractivity contribution in [1.82, 2.24) is 9.78 Å². The molecule has 0 spiro atoms. The molecule has 1 aromatic carbocycles. The quantitative estimate of drug-likeness (QED) is 0.691. The predicted octanol–water partition coefficient (Wildman–Crippen LogP) is 4.55. The average molecular weight is 397 g/mol. The first kappa shape index (κ1) is 13.5. The fourth-order valence-electron chi connectivity index (χ4n) is 2.02. The molecular weight excluding hydrogens is 386 g/mol. The highest BCUT2D eigenvalue weighted by Gasteiger charge is 2.13. The number of hydrogen-bond donors (Lipinski definition) is 1. The molecule has 20 heavy (non-hydrogen) atoms. The van der Waals surface area contributed by atoms with Crippen molar-refractivity contribution in [2.75, 3.05) is 5.73 Å². The monoisotopic (exact) mass is 395 g/mol. The Labute approximate surface area is 132 Å². The number of nitrogens with two attached hydrogens (primary N) is 1.